The molecule has 0 aromatic carbocycles. The number of hydrogen-bond donors (Lipinski definition) is 1. The van der Waals surface area contributed by atoms with Crippen LogP contribution >= 0.6 is 38.6 Å². The highest BCUT2D eigenvalue weighted by Crippen LogP contribution is 2.27. The predicted octanol–water partition coefficient (Wildman–Crippen LogP) is 2.45. The zero-order valence-electron chi connectivity index (χ0n) is 7.88. The molecule has 0 bridgehead atoms. The SMILES string of the molecule is O=S(=O)(NCc1nccs1)c1sccc1Br. The molecule has 0 fully saturated rings. The summed E-state index contributed by atoms with van der Waals surface area (Å²) in [7, 11) is -3.44. The van der Waals surface area contributed by atoms with Crippen LogP contribution < -0.4 is 4.72 Å². The maximum Gasteiger partial charge on any atom is 0.251 e. The van der Waals surface area contributed by atoms with E-state index in [9.17, 15) is 8.42 Å². The van der Waals surface area contributed by atoms with Gasteiger partial charge in [0.15, 0.2) is 0 Å². The molecule has 2 heterocycles. The fourth-order valence-corrected chi connectivity index (χ4v) is 5.05. The fraction of sp³-hybridized carbons (Fsp3) is 0.125. The lowest BCUT2D eigenvalue weighted by atomic mass is 10.7. The van der Waals surface area contributed by atoms with Gasteiger partial charge in [-0.25, -0.2) is 18.1 Å². The van der Waals surface area contributed by atoms with E-state index in [0.717, 1.165) is 5.01 Å². The maximum absolute atomic E-state index is 11.9. The monoisotopic (exact) mass is 338 g/mol. The molecule has 1 N–H and O–H groups in total. The smallest absolute Gasteiger partial charge is 0.248 e. The number of hydrogen-bond acceptors (Lipinski definition) is 5. The maximum atomic E-state index is 11.9. The summed E-state index contributed by atoms with van der Waals surface area (Å²) in [6.45, 7) is 0.227. The first-order valence-corrected chi connectivity index (χ1v) is 8.24. The van der Waals surface area contributed by atoms with Gasteiger partial charge in [0, 0.05) is 16.0 Å². The number of nitrogens with zero attached hydrogens (tertiary/aromatic N) is 1. The summed E-state index contributed by atoms with van der Waals surface area (Å²) in [6, 6.07) is 1.71. The molecule has 2 aromatic rings. The predicted molar refractivity (Wildman–Crippen MR) is 68.2 cm³/mol. The number of nitrogens with one attached hydrogen (secondary N) is 1. The van der Waals surface area contributed by atoms with Gasteiger partial charge in [-0.2, -0.15) is 0 Å². The van der Waals surface area contributed by atoms with E-state index in [2.05, 4.69) is 25.6 Å². The standard InChI is InChI=1S/C8H7BrN2O2S3/c9-6-1-3-15-8(6)16(12,13)11-5-7-10-2-4-14-7/h1-4,11H,5H2. The molecule has 0 saturated carbocycles. The van der Waals surface area contributed by atoms with Gasteiger partial charge >= 0.3 is 0 Å². The molecule has 2 rings (SSSR count). The third-order valence-corrected chi connectivity index (χ3v) is 6.58. The van der Waals surface area contributed by atoms with Crippen molar-refractivity contribution in [1.29, 1.82) is 0 Å². The van der Waals surface area contributed by atoms with Crippen LogP contribution in [0.5, 0.6) is 0 Å². The summed E-state index contributed by atoms with van der Waals surface area (Å²) in [5, 5.41) is 4.28. The third kappa shape index (κ3) is 2.69. The van der Waals surface area contributed by atoms with E-state index < -0.39 is 10.0 Å². The molecule has 2 aromatic heterocycles. The summed E-state index contributed by atoms with van der Waals surface area (Å²) >= 11 is 5.80. The molecular weight excluding hydrogens is 332 g/mol. The lowest BCUT2D eigenvalue weighted by Gasteiger charge is -2.02. The number of rotatable bonds is 4. The summed E-state index contributed by atoms with van der Waals surface area (Å²) in [6.07, 6.45) is 1.65. The van der Waals surface area contributed by atoms with E-state index in [-0.39, 0.29) is 6.54 Å². The van der Waals surface area contributed by atoms with Crippen molar-refractivity contribution in [2.75, 3.05) is 0 Å². The van der Waals surface area contributed by atoms with Crippen molar-refractivity contribution in [3.05, 3.63) is 32.5 Å². The van der Waals surface area contributed by atoms with Crippen LogP contribution in [0.2, 0.25) is 0 Å². The topological polar surface area (TPSA) is 59.1 Å². The molecule has 0 amide bonds. The Hall–Kier alpha value is -0.280. The van der Waals surface area contributed by atoms with E-state index in [0.29, 0.717) is 8.68 Å². The van der Waals surface area contributed by atoms with E-state index in [1.165, 1.54) is 22.7 Å². The van der Waals surface area contributed by atoms with Gasteiger partial charge in [0.25, 0.3) is 10.0 Å². The number of thiazole rings is 1. The van der Waals surface area contributed by atoms with Gasteiger partial charge in [-0.15, -0.1) is 22.7 Å². The highest BCUT2D eigenvalue weighted by atomic mass is 79.9. The van der Waals surface area contributed by atoms with Gasteiger partial charge < -0.3 is 0 Å². The summed E-state index contributed by atoms with van der Waals surface area (Å²) < 4.78 is 27.1. The Balaban J connectivity index is 2.13. The van der Waals surface area contributed by atoms with Crippen LogP contribution in [0.25, 0.3) is 0 Å². The highest BCUT2D eigenvalue weighted by molar-refractivity contribution is 9.10. The van der Waals surface area contributed by atoms with Crippen molar-refractivity contribution in [3.8, 4) is 0 Å². The molecule has 86 valence electrons. The van der Waals surface area contributed by atoms with Gasteiger partial charge in [-0.05, 0) is 27.4 Å². The van der Waals surface area contributed by atoms with E-state index >= 15 is 0 Å². The third-order valence-electron chi connectivity index (χ3n) is 1.73. The summed E-state index contributed by atoms with van der Waals surface area (Å²) in [5.41, 5.74) is 0. The lowest BCUT2D eigenvalue weighted by Crippen LogP contribution is -2.22. The van der Waals surface area contributed by atoms with E-state index in [1.807, 2.05) is 5.38 Å². The molecule has 0 aliphatic carbocycles. The van der Waals surface area contributed by atoms with Crippen LogP contribution in [0.4, 0.5) is 0 Å². The molecular formula is C8H7BrN2O2S3. The molecule has 16 heavy (non-hydrogen) atoms. The minimum atomic E-state index is -3.44. The number of aromatic nitrogens is 1. The Morgan fingerprint density at radius 3 is 2.75 bits per heavy atom. The first kappa shape index (κ1) is 12.2. The van der Waals surface area contributed by atoms with Gasteiger partial charge in [0.1, 0.15) is 9.22 Å². The van der Waals surface area contributed by atoms with Crippen LogP contribution in [-0.2, 0) is 16.6 Å². The van der Waals surface area contributed by atoms with E-state index in [4.69, 9.17) is 0 Å². The fourth-order valence-electron chi connectivity index (χ4n) is 1.03. The summed E-state index contributed by atoms with van der Waals surface area (Å²) in [5.74, 6) is 0. The molecule has 4 nitrogen and oxygen atoms in total. The van der Waals surface area contributed by atoms with Crippen molar-refractivity contribution in [1.82, 2.24) is 9.71 Å². The Kier molecular flexibility index (Phi) is 3.75. The van der Waals surface area contributed by atoms with Crippen molar-refractivity contribution in [2.24, 2.45) is 0 Å². The number of thiophene rings is 1. The van der Waals surface area contributed by atoms with Gasteiger partial charge in [-0.3, -0.25) is 0 Å². The Bertz CT molecular complexity index is 562. The second kappa shape index (κ2) is 4.92. The molecule has 0 atom stereocenters. The molecule has 0 unspecified atom stereocenters. The molecule has 0 radical (unpaired) electrons. The van der Waals surface area contributed by atoms with Crippen molar-refractivity contribution in [2.45, 2.75) is 10.8 Å². The zero-order chi connectivity index (χ0) is 11.6. The first-order valence-electron chi connectivity index (χ1n) is 4.20. The largest absolute Gasteiger partial charge is 0.251 e. The molecule has 0 aliphatic rings. The van der Waals surface area contributed by atoms with Crippen LogP contribution in [0.3, 0.4) is 0 Å². The van der Waals surface area contributed by atoms with Crippen LogP contribution in [-0.4, -0.2) is 13.4 Å². The lowest BCUT2D eigenvalue weighted by molar-refractivity contribution is 0.583. The molecule has 8 heteroatoms. The highest BCUT2D eigenvalue weighted by Gasteiger charge is 2.18. The van der Waals surface area contributed by atoms with Crippen LogP contribution in [0, 0.1) is 0 Å². The minimum Gasteiger partial charge on any atom is -0.248 e. The zero-order valence-corrected chi connectivity index (χ0v) is 11.9. The molecule has 0 aliphatic heterocycles. The summed E-state index contributed by atoms with van der Waals surface area (Å²) in [4.78, 5) is 4.01. The molecule has 0 spiro atoms. The average molecular weight is 339 g/mol. The Morgan fingerprint density at radius 1 is 1.38 bits per heavy atom. The van der Waals surface area contributed by atoms with E-state index in [1.54, 1.807) is 17.6 Å². The van der Waals surface area contributed by atoms with Crippen LogP contribution in [0.1, 0.15) is 5.01 Å². The Morgan fingerprint density at radius 2 is 2.19 bits per heavy atom. The van der Waals surface area contributed by atoms with Gasteiger partial charge in [0.2, 0.25) is 0 Å². The average Bonchev–Trinajstić information content (AvgIpc) is 2.85. The second-order valence-corrected chi connectivity index (χ2v) is 7.52. The molecule has 0 saturated heterocycles. The van der Waals surface area contributed by atoms with Gasteiger partial charge in [-0.1, -0.05) is 0 Å². The Labute approximate surface area is 110 Å². The number of sulfonamides is 1. The van der Waals surface area contributed by atoms with Gasteiger partial charge in [0.05, 0.1) is 6.54 Å². The number of halogens is 1. The normalized spacial score (nSPS) is 11.8. The van der Waals surface area contributed by atoms with Crippen LogP contribution in [0.15, 0.2) is 31.7 Å². The first-order chi connectivity index (χ1) is 7.59. The van der Waals surface area contributed by atoms with Crippen molar-refractivity contribution < 1.29 is 8.42 Å². The van der Waals surface area contributed by atoms with Crippen molar-refractivity contribution >= 4 is 48.6 Å². The minimum absolute atomic E-state index is 0.227. The van der Waals surface area contributed by atoms with Crippen molar-refractivity contribution in [3.63, 3.8) is 0 Å². The quantitative estimate of drug-likeness (QED) is 0.931. The second-order valence-electron chi connectivity index (χ2n) is 2.81.